The number of carbonyl (C=O) groups excluding carboxylic acids is 1. The Bertz CT molecular complexity index is 1040. The van der Waals surface area contributed by atoms with Gasteiger partial charge in [-0.1, -0.05) is 0 Å². The van der Waals surface area contributed by atoms with Gasteiger partial charge in [0.05, 0.1) is 0 Å². The fourth-order valence-corrected chi connectivity index (χ4v) is 3.88. The van der Waals surface area contributed by atoms with Crippen molar-refractivity contribution in [2.24, 2.45) is 5.92 Å². The molecule has 3 aromatic rings. The molecule has 6 heteroatoms. The average Bonchev–Trinajstić information content (AvgIpc) is 3.24. The number of rotatable bonds is 5. The maximum Gasteiger partial charge on any atom is 0.225 e. The van der Waals surface area contributed by atoms with Crippen LogP contribution < -0.4 is 5.32 Å². The monoisotopic (exact) mass is 376 g/mol. The highest BCUT2D eigenvalue weighted by Gasteiger charge is 2.26. The molecule has 142 valence electrons. The standard InChI is InChI=1S/C22H21FN4O/c23-17-7-5-15(6-8-17)22-21(18-2-1-11-27(18)26-22)16-9-10-24-19(13-16)25-20(28)12-14-3-4-14/h5-10,13-14H,1-4,11-12H2,(H,24,25,28). The zero-order valence-corrected chi connectivity index (χ0v) is 15.5. The van der Waals surface area contributed by atoms with Gasteiger partial charge in [-0.3, -0.25) is 9.48 Å². The summed E-state index contributed by atoms with van der Waals surface area (Å²) in [5, 5.41) is 7.71. The fourth-order valence-electron chi connectivity index (χ4n) is 3.88. The van der Waals surface area contributed by atoms with Gasteiger partial charge in [0.2, 0.25) is 5.91 Å². The topological polar surface area (TPSA) is 59.8 Å². The van der Waals surface area contributed by atoms with Crippen molar-refractivity contribution in [3.05, 3.63) is 54.1 Å². The number of halogens is 1. The van der Waals surface area contributed by atoms with Crippen LogP contribution in [0.3, 0.4) is 0 Å². The van der Waals surface area contributed by atoms with E-state index in [0.29, 0.717) is 18.2 Å². The lowest BCUT2D eigenvalue weighted by Crippen LogP contribution is -2.12. The largest absolute Gasteiger partial charge is 0.311 e. The zero-order valence-electron chi connectivity index (χ0n) is 15.5. The number of carbonyl (C=O) groups is 1. The molecule has 28 heavy (non-hydrogen) atoms. The first-order valence-electron chi connectivity index (χ1n) is 9.79. The summed E-state index contributed by atoms with van der Waals surface area (Å²) in [5.74, 6) is 0.853. The van der Waals surface area contributed by atoms with Crippen molar-refractivity contribution in [3.8, 4) is 22.4 Å². The molecule has 2 aromatic heterocycles. The Kier molecular flexibility index (Phi) is 4.19. The van der Waals surface area contributed by atoms with Crippen LogP contribution in [0.2, 0.25) is 0 Å². The van der Waals surface area contributed by atoms with Gasteiger partial charge in [-0.25, -0.2) is 9.37 Å². The van der Waals surface area contributed by atoms with E-state index >= 15 is 0 Å². The van der Waals surface area contributed by atoms with Crippen molar-refractivity contribution in [3.63, 3.8) is 0 Å². The fraction of sp³-hybridized carbons (Fsp3) is 0.318. The van der Waals surface area contributed by atoms with Gasteiger partial charge < -0.3 is 5.32 Å². The number of aromatic nitrogens is 3. The maximum absolute atomic E-state index is 13.4. The molecule has 1 aliphatic heterocycles. The summed E-state index contributed by atoms with van der Waals surface area (Å²) in [7, 11) is 0. The third-order valence-corrected chi connectivity index (χ3v) is 5.45. The third kappa shape index (κ3) is 3.30. The van der Waals surface area contributed by atoms with E-state index in [1.807, 2.05) is 16.8 Å². The van der Waals surface area contributed by atoms with Crippen LogP contribution in [-0.2, 0) is 17.8 Å². The molecule has 0 unspecified atom stereocenters. The molecule has 1 saturated carbocycles. The minimum absolute atomic E-state index is 0.0196. The molecule has 0 radical (unpaired) electrons. The number of fused-ring (bicyclic) bond motifs is 1. The molecule has 1 aliphatic carbocycles. The first-order chi connectivity index (χ1) is 13.7. The van der Waals surface area contributed by atoms with Gasteiger partial charge in [0.15, 0.2) is 0 Å². The van der Waals surface area contributed by atoms with Crippen LogP contribution in [-0.4, -0.2) is 20.7 Å². The smallest absolute Gasteiger partial charge is 0.225 e. The van der Waals surface area contributed by atoms with Crippen LogP contribution in [0.15, 0.2) is 42.6 Å². The van der Waals surface area contributed by atoms with Crippen molar-refractivity contribution >= 4 is 11.7 Å². The molecule has 1 N–H and O–H groups in total. The molecule has 1 fully saturated rings. The normalized spacial score (nSPS) is 15.5. The van der Waals surface area contributed by atoms with Gasteiger partial charge in [-0.15, -0.1) is 0 Å². The molecule has 0 atom stereocenters. The van der Waals surface area contributed by atoms with Crippen LogP contribution in [0, 0.1) is 11.7 Å². The lowest BCUT2D eigenvalue weighted by molar-refractivity contribution is -0.116. The highest BCUT2D eigenvalue weighted by Crippen LogP contribution is 2.38. The van der Waals surface area contributed by atoms with Gasteiger partial charge in [0, 0.05) is 36.0 Å². The Labute approximate surface area is 162 Å². The SMILES string of the molecule is O=C(CC1CC1)Nc1cc(-c2c(-c3ccc(F)cc3)nn3c2CCC3)ccn1. The summed E-state index contributed by atoms with van der Waals surface area (Å²) < 4.78 is 15.4. The third-order valence-electron chi connectivity index (χ3n) is 5.45. The number of pyridine rings is 1. The Morgan fingerprint density at radius 1 is 1.18 bits per heavy atom. The van der Waals surface area contributed by atoms with Gasteiger partial charge in [-0.2, -0.15) is 5.10 Å². The van der Waals surface area contributed by atoms with Gasteiger partial charge in [0.25, 0.3) is 0 Å². The highest BCUT2D eigenvalue weighted by atomic mass is 19.1. The predicted octanol–water partition coefficient (Wildman–Crippen LogP) is 4.44. The summed E-state index contributed by atoms with van der Waals surface area (Å²) >= 11 is 0. The summed E-state index contributed by atoms with van der Waals surface area (Å²) in [5.41, 5.74) is 4.93. The van der Waals surface area contributed by atoms with Crippen molar-refractivity contribution in [1.82, 2.24) is 14.8 Å². The first-order valence-corrected chi connectivity index (χ1v) is 9.79. The minimum Gasteiger partial charge on any atom is -0.311 e. The lowest BCUT2D eigenvalue weighted by atomic mass is 9.98. The number of hydrogen-bond donors (Lipinski definition) is 1. The molecule has 5 rings (SSSR count). The van der Waals surface area contributed by atoms with Crippen LogP contribution in [0.4, 0.5) is 10.2 Å². The molecule has 0 spiro atoms. The molecule has 2 aliphatic rings. The molecule has 0 bridgehead atoms. The first kappa shape index (κ1) is 17.1. The second kappa shape index (κ2) is 6.86. The van der Waals surface area contributed by atoms with E-state index in [9.17, 15) is 9.18 Å². The van der Waals surface area contributed by atoms with Gasteiger partial charge in [-0.05, 0) is 73.6 Å². The van der Waals surface area contributed by atoms with Crippen LogP contribution in [0.25, 0.3) is 22.4 Å². The lowest BCUT2D eigenvalue weighted by Gasteiger charge is -2.09. The van der Waals surface area contributed by atoms with E-state index in [4.69, 9.17) is 5.10 Å². The summed E-state index contributed by atoms with van der Waals surface area (Å²) in [6.07, 6.45) is 6.59. The molecule has 3 heterocycles. The van der Waals surface area contributed by atoms with E-state index in [2.05, 4.69) is 10.3 Å². The summed E-state index contributed by atoms with van der Waals surface area (Å²) in [6, 6.07) is 10.3. The molecular weight excluding hydrogens is 355 g/mol. The van der Waals surface area contributed by atoms with Crippen LogP contribution >= 0.6 is 0 Å². The number of nitrogens with zero attached hydrogens (tertiary/aromatic N) is 3. The number of benzene rings is 1. The van der Waals surface area contributed by atoms with Crippen molar-refractivity contribution < 1.29 is 9.18 Å². The van der Waals surface area contributed by atoms with E-state index in [1.165, 1.54) is 17.8 Å². The number of amides is 1. The van der Waals surface area contributed by atoms with Crippen molar-refractivity contribution in [2.45, 2.75) is 38.6 Å². The number of aryl methyl sites for hydroxylation is 1. The number of hydrogen-bond acceptors (Lipinski definition) is 3. The van der Waals surface area contributed by atoms with Crippen molar-refractivity contribution in [2.75, 3.05) is 5.32 Å². The second-order valence-corrected chi connectivity index (χ2v) is 7.63. The summed E-state index contributed by atoms with van der Waals surface area (Å²) in [4.78, 5) is 16.5. The van der Waals surface area contributed by atoms with Crippen molar-refractivity contribution in [1.29, 1.82) is 0 Å². The van der Waals surface area contributed by atoms with Gasteiger partial charge in [0.1, 0.15) is 17.3 Å². The highest BCUT2D eigenvalue weighted by molar-refractivity contribution is 5.91. The molecule has 1 aromatic carbocycles. The number of nitrogens with one attached hydrogen (secondary N) is 1. The molecule has 0 saturated heterocycles. The van der Waals surface area contributed by atoms with E-state index in [-0.39, 0.29) is 11.7 Å². The number of anilines is 1. The minimum atomic E-state index is -0.262. The average molecular weight is 376 g/mol. The quantitative estimate of drug-likeness (QED) is 0.716. The van der Waals surface area contributed by atoms with Crippen LogP contribution in [0.1, 0.15) is 31.4 Å². The zero-order chi connectivity index (χ0) is 19.1. The molecule has 1 amide bonds. The second-order valence-electron chi connectivity index (χ2n) is 7.63. The van der Waals surface area contributed by atoms with Gasteiger partial charge >= 0.3 is 0 Å². The Morgan fingerprint density at radius 3 is 2.79 bits per heavy atom. The van der Waals surface area contributed by atoms with E-state index in [0.717, 1.165) is 54.6 Å². The Hall–Kier alpha value is -3.02. The van der Waals surface area contributed by atoms with Crippen LogP contribution in [0.5, 0.6) is 0 Å². The molecular formula is C22H21FN4O. The van der Waals surface area contributed by atoms with E-state index in [1.54, 1.807) is 18.3 Å². The Morgan fingerprint density at radius 2 is 2.00 bits per heavy atom. The molecule has 5 nitrogen and oxygen atoms in total. The Balaban J connectivity index is 1.52. The maximum atomic E-state index is 13.4. The predicted molar refractivity (Wildman–Crippen MR) is 105 cm³/mol. The summed E-state index contributed by atoms with van der Waals surface area (Å²) in [6.45, 7) is 0.888. The van der Waals surface area contributed by atoms with E-state index < -0.39 is 0 Å².